The van der Waals surface area contributed by atoms with E-state index in [1.807, 2.05) is 0 Å². The molecule has 0 radical (unpaired) electrons. The third kappa shape index (κ3) is 1.67. The molecule has 0 bridgehead atoms. The fourth-order valence-corrected chi connectivity index (χ4v) is 1.48. The maximum Gasteiger partial charge on any atom is 0.354 e. The van der Waals surface area contributed by atoms with Gasteiger partial charge in [-0.15, -0.1) is 0 Å². The van der Waals surface area contributed by atoms with Gasteiger partial charge in [0.15, 0.2) is 16.9 Å². The number of carbonyl (C=O) groups is 1. The molecule has 0 spiro atoms. The summed E-state index contributed by atoms with van der Waals surface area (Å²) < 4.78 is 5.45. The summed E-state index contributed by atoms with van der Waals surface area (Å²) in [6, 6.07) is 4.58. The van der Waals surface area contributed by atoms with Gasteiger partial charge < -0.3 is 9.52 Å². The molecule has 0 atom stereocenters. The highest BCUT2D eigenvalue weighted by atomic mass is 16.4. The monoisotopic (exact) mass is 242 g/mol. The fraction of sp³-hybridized carbons (Fsp3) is 0. The van der Waals surface area contributed by atoms with E-state index < -0.39 is 5.97 Å². The van der Waals surface area contributed by atoms with E-state index in [1.165, 1.54) is 24.5 Å². The average molecular weight is 242 g/mol. The first kappa shape index (κ1) is 10.3. The number of nitrogens with zero attached hydrogens (tertiary/aromatic N) is 4. The van der Waals surface area contributed by atoms with Crippen LogP contribution in [0.4, 0.5) is 0 Å². The van der Waals surface area contributed by atoms with E-state index in [0.29, 0.717) is 17.0 Å². The Kier molecular flexibility index (Phi) is 2.23. The number of aromatic nitrogens is 4. The first-order chi connectivity index (χ1) is 8.74. The molecule has 0 aliphatic rings. The molecule has 0 unspecified atom stereocenters. The van der Waals surface area contributed by atoms with Gasteiger partial charge in [-0.1, -0.05) is 0 Å². The number of rotatable bonds is 2. The molecule has 0 fully saturated rings. The van der Waals surface area contributed by atoms with Crippen LogP contribution in [-0.4, -0.2) is 31.2 Å². The molecule has 3 aromatic heterocycles. The van der Waals surface area contributed by atoms with Crippen molar-refractivity contribution in [1.82, 2.24) is 20.2 Å². The van der Waals surface area contributed by atoms with E-state index >= 15 is 0 Å². The topological polar surface area (TPSA) is 102 Å². The van der Waals surface area contributed by atoms with Crippen LogP contribution < -0.4 is 0 Å². The maximum atomic E-state index is 10.8. The largest absolute Gasteiger partial charge is 0.477 e. The lowest BCUT2D eigenvalue weighted by Crippen LogP contribution is -1.99. The summed E-state index contributed by atoms with van der Waals surface area (Å²) in [6.07, 6.45) is 3.02. The molecule has 0 aromatic carbocycles. The van der Waals surface area contributed by atoms with Crippen LogP contribution in [0.1, 0.15) is 10.5 Å². The number of oxazole rings is 1. The predicted octanol–water partition coefficient (Wildman–Crippen LogP) is 1.38. The highest BCUT2D eigenvalue weighted by Gasteiger charge is 2.12. The summed E-state index contributed by atoms with van der Waals surface area (Å²) in [7, 11) is 0. The average Bonchev–Trinajstić information content (AvgIpc) is 2.82. The Morgan fingerprint density at radius 1 is 1.17 bits per heavy atom. The zero-order valence-electron chi connectivity index (χ0n) is 8.94. The van der Waals surface area contributed by atoms with E-state index in [9.17, 15) is 4.79 Å². The minimum Gasteiger partial charge on any atom is -0.477 e. The lowest BCUT2D eigenvalue weighted by Gasteiger charge is -1.90. The van der Waals surface area contributed by atoms with Crippen LogP contribution >= 0.6 is 0 Å². The van der Waals surface area contributed by atoms with Crippen LogP contribution in [0.2, 0.25) is 0 Å². The van der Waals surface area contributed by atoms with E-state index in [-0.39, 0.29) is 11.3 Å². The number of carboxylic acid groups (broad SMARTS) is 1. The third-order valence-corrected chi connectivity index (χ3v) is 2.30. The Morgan fingerprint density at radius 2 is 2.06 bits per heavy atom. The van der Waals surface area contributed by atoms with Gasteiger partial charge in [0.2, 0.25) is 5.89 Å². The van der Waals surface area contributed by atoms with Gasteiger partial charge >= 0.3 is 5.97 Å². The second-order valence-electron chi connectivity index (χ2n) is 3.47. The van der Waals surface area contributed by atoms with Gasteiger partial charge in [-0.3, -0.25) is 0 Å². The Hall–Kier alpha value is -2.83. The van der Waals surface area contributed by atoms with Crippen molar-refractivity contribution in [2.75, 3.05) is 0 Å². The first-order valence-corrected chi connectivity index (χ1v) is 5.02. The zero-order valence-corrected chi connectivity index (χ0v) is 8.94. The van der Waals surface area contributed by atoms with Crippen molar-refractivity contribution in [3.05, 3.63) is 36.3 Å². The predicted molar refractivity (Wildman–Crippen MR) is 59.8 cm³/mol. The summed E-state index contributed by atoms with van der Waals surface area (Å²) in [5, 5.41) is 16.2. The molecule has 3 heterocycles. The minimum absolute atomic E-state index is 0.0739. The van der Waals surface area contributed by atoms with Crippen LogP contribution in [0.15, 0.2) is 35.0 Å². The van der Waals surface area contributed by atoms with Crippen molar-refractivity contribution in [3.8, 4) is 11.5 Å². The molecule has 3 aromatic rings. The minimum atomic E-state index is -1.10. The normalized spacial score (nSPS) is 10.7. The fourth-order valence-electron chi connectivity index (χ4n) is 1.48. The van der Waals surface area contributed by atoms with Crippen LogP contribution in [0.5, 0.6) is 0 Å². The molecular formula is C11H6N4O3. The number of hydrogen-bond acceptors (Lipinski definition) is 6. The van der Waals surface area contributed by atoms with Crippen molar-refractivity contribution < 1.29 is 14.3 Å². The molecule has 0 aliphatic heterocycles. The van der Waals surface area contributed by atoms with E-state index in [4.69, 9.17) is 9.52 Å². The van der Waals surface area contributed by atoms with Gasteiger partial charge in [0.25, 0.3) is 0 Å². The summed E-state index contributed by atoms with van der Waals surface area (Å²) in [6.45, 7) is 0. The molecular weight excluding hydrogens is 236 g/mol. The second-order valence-corrected chi connectivity index (χ2v) is 3.47. The summed E-state index contributed by atoms with van der Waals surface area (Å²) in [4.78, 5) is 18.8. The third-order valence-electron chi connectivity index (χ3n) is 2.30. The number of carboxylic acids is 1. The van der Waals surface area contributed by atoms with E-state index in [1.54, 1.807) is 6.07 Å². The molecule has 0 aliphatic carbocycles. The molecule has 0 saturated heterocycles. The van der Waals surface area contributed by atoms with Gasteiger partial charge in [-0.25, -0.2) is 9.78 Å². The number of fused-ring (bicyclic) bond motifs is 1. The van der Waals surface area contributed by atoms with Crippen molar-refractivity contribution in [1.29, 1.82) is 0 Å². The highest BCUT2D eigenvalue weighted by Crippen LogP contribution is 2.22. The second kappa shape index (κ2) is 3.88. The van der Waals surface area contributed by atoms with Crippen LogP contribution in [0, 0.1) is 0 Å². The number of pyridine rings is 1. The van der Waals surface area contributed by atoms with E-state index in [2.05, 4.69) is 20.2 Å². The van der Waals surface area contributed by atoms with Gasteiger partial charge in [0.05, 0.1) is 18.0 Å². The smallest absolute Gasteiger partial charge is 0.354 e. The maximum absolute atomic E-state index is 10.8. The molecule has 18 heavy (non-hydrogen) atoms. The quantitative estimate of drug-likeness (QED) is 0.723. The summed E-state index contributed by atoms with van der Waals surface area (Å²) in [5.74, 6) is -0.776. The molecule has 7 heteroatoms. The van der Waals surface area contributed by atoms with Crippen molar-refractivity contribution >= 4 is 17.2 Å². The highest BCUT2D eigenvalue weighted by molar-refractivity contribution is 5.88. The molecule has 0 saturated carbocycles. The lowest BCUT2D eigenvalue weighted by molar-refractivity contribution is 0.0691. The Labute approximate surface area is 100 Å². The van der Waals surface area contributed by atoms with Gasteiger partial charge in [0.1, 0.15) is 0 Å². The molecule has 0 amide bonds. The van der Waals surface area contributed by atoms with Crippen LogP contribution in [-0.2, 0) is 0 Å². The van der Waals surface area contributed by atoms with Crippen molar-refractivity contribution in [2.24, 2.45) is 0 Å². The first-order valence-electron chi connectivity index (χ1n) is 5.02. The standard InChI is InChI=1S/C11H6N4O3/c16-11(17)7-1-2-8-9(14-7)15-10(18-8)6-3-4-12-13-5-6/h1-5H,(H,16,17). The Balaban J connectivity index is 2.14. The molecule has 7 nitrogen and oxygen atoms in total. The van der Waals surface area contributed by atoms with E-state index in [0.717, 1.165) is 0 Å². The number of aromatic carboxylic acids is 1. The van der Waals surface area contributed by atoms with Crippen LogP contribution in [0.25, 0.3) is 22.7 Å². The van der Waals surface area contributed by atoms with Gasteiger partial charge in [-0.2, -0.15) is 15.2 Å². The summed E-state index contributed by atoms with van der Waals surface area (Å²) >= 11 is 0. The SMILES string of the molecule is O=C(O)c1ccc2oc(-c3ccnnc3)nc2n1. The molecule has 88 valence electrons. The lowest BCUT2D eigenvalue weighted by atomic mass is 10.3. The molecule has 1 N–H and O–H groups in total. The van der Waals surface area contributed by atoms with Gasteiger partial charge in [-0.05, 0) is 18.2 Å². The zero-order chi connectivity index (χ0) is 12.5. The van der Waals surface area contributed by atoms with Crippen molar-refractivity contribution in [2.45, 2.75) is 0 Å². The van der Waals surface area contributed by atoms with Gasteiger partial charge in [0, 0.05) is 0 Å². The Bertz CT molecular complexity index is 723. The summed E-state index contributed by atoms with van der Waals surface area (Å²) in [5.41, 5.74) is 1.25. The van der Waals surface area contributed by atoms with Crippen molar-refractivity contribution in [3.63, 3.8) is 0 Å². The number of hydrogen-bond donors (Lipinski definition) is 1. The Morgan fingerprint density at radius 3 is 2.78 bits per heavy atom. The molecule has 3 rings (SSSR count). The van der Waals surface area contributed by atoms with Crippen LogP contribution in [0.3, 0.4) is 0 Å².